The van der Waals surface area contributed by atoms with E-state index < -0.39 is 0 Å². The Morgan fingerprint density at radius 3 is 3.08 bits per heavy atom. The highest BCUT2D eigenvalue weighted by atomic mass is 16.5. The molecule has 0 aromatic heterocycles. The van der Waals surface area contributed by atoms with Crippen LogP contribution in [0.5, 0.6) is 0 Å². The van der Waals surface area contributed by atoms with E-state index in [1.54, 1.807) is 0 Å². The largest absolute Gasteiger partial charge is 0.374 e. The molecule has 0 radical (unpaired) electrons. The second-order valence-corrected chi connectivity index (χ2v) is 4.01. The van der Waals surface area contributed by atoms with E-state index in [-0.39, 0.29) is 12.1 Å². The number of fused-ring (bicyclic) bond motifs is 1. The molecule has 1 saturated carbocycles. The lowest BCUT2D eigenvalue weighted by Crippen LogP contribution is -2.48. The van der Waals surface area contributed by atoms with Gasteiger partial charge >= 0.3 is 6.03 Å². The van der Waals surface area contributed by atoms with Crippen LogP contribution in [0.15, 0.2) is 0 Å². The Morgan fingerprint density at radius 1 is 1.62 bits per heavy atom. The van der Waals surface area contributed by atoms with Crippen molar-refractivity contribution in [3.05, 3.63) is 0 Å². The second-order valence-electron chi connectivity index (χ2n) is 4.01. The molecule has 1 N–H and O–H groups in total. The highest BCUT2D eigenvalue weighted by molar-refractivity contribution is 5.75. The Hall–Kier alpha value is -0.770. The number of hydrogen-bond acceptors (Lipinski definition) is 2. The number of nitrogens with one attached hydrogen (secondary N) is 1. The zero-order valence-corrected chi connectivity index (χ0v) is 8.12. The minimum atomic E-state index is 0.0609. The molecule has 13 heavy (non-hydrogen) atoms. The fourth-order valence-corrected chi connectivity index (χ4v) is 1.72. The van der Waals surface area contributed by atoms with Crippen LogP contribution in [-0.2, 0) is 4.74 Å². The quantitative estimate of drug-likeness (QED) is 0.647. The first-order chi connectivity index (χ1) is 6.18. The van der Waals surface area contributed by atoms with Gasteiger partial charge in [0.15, 0.2) is 0 Å². The number of amides is 2. The van der Waals surface area contributed by atoms with Crippen LogP contribution in [-0.4, -0.2) is 42.3 Å². The summed E-state index contributed by atoms with van der Waals surface area (Å²) in [5.74, 6) is 0. The third-order valence-electron chi connectivity index (χ3n) is 2.44. The van der Waals surface area contributed by atoms with Crippen molar-refractivity contribution in [2.45, 2.75) is 38.5 Å². The second kappa shape index (κ2) is 3.18. The van der Waals surface area contributed by atoms with Crippen LogP contribution in [0, 0.1) is 0 Å². The Labute approximate surface area is 78.2 Å². The zero-order valence-electron chi connectivity index (χ0n) is 8.12. The third-order valence-corrected chi connectivity index (χ3v) is 2.44. The average Bonchev–Trinajstić information content (AvgIpc) is 2.79. The van der Waals surface area contributed by atoms with Crippen LogP contribution >= 0.6 is 0 Å². The molecule has 2 unspecified atom stereocenters. The van der Waals surface area contributed by atoms with Crippen LogP contribution in [0.2, 0.25) is 0 Å². The maximum absolute atomic E-state index is 11.6. The topological polar surface area (TPSA) is 41.6 Å². The lowest BCUT2D eigenvalue weighted by atomic mass is 10.4. The van der Waals surface area contributed by atoms with Gasteiger partial charge in [-0.05, 0) is 20.3 Å². The molecule has 0 spiro atoms. The minimum absolute atomic E-state index is 0.0609. The summed E-state index contributed by atoms with van der Waals surface area (Å²) in [4.78, 5) is 13.5. The van der Waals surface area contributed by atoms with Gasteiger partial charge in [0.25, 0.3) is 0 Å². The number of hydrogen-bond donors (Lipinski definition) is 1. The molecule has 1 aliphatic heterocycles. The lowest BCUT2D eigenvalue weighted by Gasteiger charge is -2.27. The Balaban J connectivity index is 1.88. The Bertz CT molecular complexity index is 218. The molecule has 1 aliphatic carbocycles. The Morgan fingerprint density at radius 2 is 2.38 bits per heavy atom. The highest BCUT2D eigenvalue weighted by Crippen LogP contribution is 2.34. The number of carbonyl (C=O) groups is 1. The van der Waals surface area contributed by atoms with Gasteiger partial charge in [-0.3, -0.25) is 0 Å². The van der Waals surface area contributed by atoms with Gasteiger partial charge < -0.3 is 15.0 Å². The number of nitrogens with zero attached hydrogens (tertiary/aromatic N) is 1. The monoisotopic (exact) mass is 184 g/mol. The van der Waals surface area contributed by atoms with Crippen molar-refractivity contribution in [2.24, 2.45) is 0 Å². The molecule has 4 heteroatoms. The van der Waals surface area contributed by atoms with Gasteiger partial charge in [0.1, 0.15) is 0 Å². The molecule has 2 aliphatic rings. The third kappa shape index (κ3) is 1.77. The van der Waals surface area contributed by atoms with E-state index >= 15 is 0 Å². The number of carbonyl (C=O) groups excluding carboxylic acids is 1. The summed E-state index contributed by atoms with van der Waals surface area (Å²) in [6, 6.07) is 0.630. The maximum atomic E-state index is 11.6. The first-order valence-electron chi connectivity index (χ1n) is 4.87. The van der Waals surface area contributed by atoms with Gasteiger partial charge in [0.05, 0.1) is 18.8 Å². The van der Waals surface area contributed by atoms with E-state index in [0.29, 0.717) is 18.8 Å². The summed E-state index contributed by atoms with van der Waals surface area (Å²) in [7, 11) is 0. The molecule has 0 aromatic rings. The van der Waals surface area contributed by atoms with Crippen LogP contribution in [0.1, 0.15) is 20.3 Å². The molecular formula is C9H16N2O2. The van der Waals surface area contributed by atoms with E-state index in [0.717, 1.165) is 13.0 Å². The van der Waals surface area contributed by atoms with Crippen LogP contribution in [0.4, 0.5) is 4.79 Å². The van der Waals surface area contributed by atoms with E-state index in [1.165, 1.54) is 0 Å². The smallest absolute Gasteiger partial charge is 0.318 e. The summed E-state index contributed by atoms with van der Waals surface area (Å²) >= 11 is 0. The van der Waals surface area contributed by atoms with E-state index in [9.17, 15) is 4.79 Å². The normalized spacial score (nSPS) is 31.5. The first kappa shape index (κ1) is 8.81. The number of rotatable bonds is 1. The fourth-order valence-electron chi connectivity index (χ4n) is 1.72. The van der Waals surface area contributed by atoms with Crippen LogP contribution in [0.25, 0.3) is 0 Å². The number of morpholine rings is 1. The summed E-state index contributed by atoms with van der Waals surface area (Å²) in [6.45, 7) is 5.37. The van der Waals surface area contributed by atoms with Gasteiger partial charge in [0.2, 0.25) is 0 Å². The van der Waals surface area contributed by atoms with E-state index in [1.807, 2.05) is 18.7 Å². The van der Waals surface area contributed by atoms with Gasteiger partial charge in [0, 0.05) is 12.6 Å². The molecular weight excluding hydrogens is 168 g/mol. The van der Waals surface area contributed by atoms with Crippen LogP contribution < -0.4 is 5.32 Å². The summed E-state index contributed by atoms with van der Waals surface area (Å²) in [6.07, 6.45) is 1.34. The molecule has 2 fully saturated rings. The summed E-state index contributed by atoms with van der Waals surface area (Å²) in [5, 5.41) is 2.90. The van der Waals surface area contributed by atoms with E-state index in [4.69, 9.17) is 4.74 Å². The van der Waals surface area contributed by atoms with Gasteiger partial charge in [-0.2, -0.15) is 0 Å². The molecule has 0 bridgehead atoms. The summed E-state index contributed by atoms with van der Waals surface area (Å²) in [5.41, 5.74) is 0. The van der Waals surface area contributed by atoms with Crippen molar-refractivity contribution in [1.82, 2.24) is 10.2 Å². The van der Waals surface area contributed by atoms with Crippen molar-refractivity contribution >= 4 is 6.03 Å². The molecule has 74 valence electrons. The van der Waals surface area contributed by atoms with Crippen molar-refractivity contribution in [3.8, 4) is 0 Å². The molecule has 1 saturated heterocycles. The van der Waals surface area contributed by atoms with E-state index in [2.05, 4.69) is 5.32 Å². The van der Waals surface area contributed by atoms with Crippen molar-refractivity contribution in [1.29, 1.82) is 0 Å². The standard InChI is InChI=1S/C9H16N2O2/c1-6(2)10-9(12)11-3-4-13-8-5-7(8)11/h6-8H,3-5H2,1-2H3,(H,10,12). The fraction of sp³-hybridized carbons (Fsp3) is 0.889. The number of ether oxygens (including phenoxy) is 1. The van der Waals surface area contributed by atoms with Crippen molar-refractivity contribution in [3.63, 3.8) is 0 Å². The first-order valence-corrected chi connectivity index (χ1v) is 4.87. The minimum Gasteiger partial charge on any atom is -0.374 e. The average molecular weight is 184 g/mol. The molecule has 1 heterocycles. The van der Waals surface area contributed by atoms with Gasteiger partial charge in [-0.25, -0.2) is 4.79 Å². The maximum Gasteiger partial charge on any atom is 0.318 e. The number of urea groups is 1. The van der Waals surface area contributed by atoms with Crippen molar-refractivity contribution < 1.29 is 9.53 Å². The zero-order chi connectivity index (χ0) is 9.42. The van der Waals surface area contributed by atoms with Crippen molar-refractivity contribution in [2.75, 3.05) is 13.2 Å². The molecule has 2 rings (SSSR count). The van der Waals surface area contributed by atoms with Gasteiger partial charge in [-0.1, -0.05) is 0 Å². The SMILES string of the molecule is CC(C)NC(=O)N1CCOC2CC21. The Kier molecular flexibility index (Phi) is 2.15. The van der Waals surface area contributed by atoms with Crippen LogP contribution in [0.3, 0.4) is 0 Å². The molecule has 2 amide bonds. The predicted molar refractivity (Wildman–Crippen MR) is 48.5 cm³/mol. The van der Waals surface area contributed by atoms with Gasteiger partial charge in [-0.15, -0.1) is 0 Å². The lowest BCUT2D eigenvalue weighted by molar-refractivity contribution is 0.0451. The molecule has 4 nitrogen and oxygen atoms in total. The summed E-state index contributed by atoms with van der Waals surface area (Å²) < 4.78 is 5.42. The highest BCUT2D eigenvalue weighted by Gasteiger charge is 2.47. The molecule has 0 aromatic carbocycles. The predicted octanol–water partition coefficient (Wildman–Crippen LogP) is 0.577. The molecule has 2 atom stereocenters.